The topological polar surface area (TPSA) is 112 Å². The minimum Gasteiger partial charge on any atom is -0.493 e. The molecule has 0 aliphatic heterocycles. The van der Waals surface area contributed by atoms with Crippen LogP contribution in [0.4, 0.5) is 11.5 Å². The molecule has 0 spiro atoms. The second-order valence-electron chi connectivity index (χ2n) is 8.02. The van der Waals surface area contributed by atoms with E-state index in [1.54, 1.807) is 25.8 Å². The molecule has 3 aromatic heterocycles. The summed E-state index contributed by atoms with van der Waals surface area (Å²) in [6.45, 7) is 1.97. The van der Waals surface area contributed by atoms with Gasteiger partial charge in [0, 0.05) is 28.8 Å². The minimum absolute atomic E-state index is 0.247. The van der Waals surface area contributed by atoms with E-state index in [1.807, 2.05) is 43.3 Å². The van der Waals surface area contributed by atoms with Crippen LogP contribution in [0.1, 0.15) is 27.2 Å². The summed E-state index contributed by atoms with van der Waals surface area (Å²) in [6.07, 6.45) is 3.73. The largest absolute Gasteiger partial charge is 0.493 e. The molecule has 5 aromatic rings. The van der Waals surface area contributed by atoms with Crippen molar-refractivity contribution in [1.82, 2.24) is 15.0 Å². The molecule has 0 aliphatic rings. The Morgan fingerprint density at radius 2 is 1.86 bits per heavy atom. The first-order valence-corrected chi connectivity index (χ1v) is 11.7. The number of anilines is 2. The summed E-state index contributed by atoms with van der Waals surface area (Å²) in [4.78, 5) is 26.2. The van der Waals surface area contributed by atoms with Gasteiger partial charge in [-0.15, -0.1) is 11.3 Å². The fourth-order valence-corrected chi connectivity index (χ4v) is 5.03. The van der Waals surface area contributed by atoms with Crippen molar-refractivity contribution in [2.45, 2.75) is 13.3 Å². The fourth-order valence-electron chi connectivity index (χ4n) is 4.13. The highest BCUT2D eigenvalue weighted by molar-refractivity contribution is 7.18. The van der Waals surface area contributed by atoms with Gasteiger partial charge in [0.05, 0.1) is 41.4 Å². The number of amides is 1. The molecule has 35 heavy (non-hydrogen) atoms. The second kappa shape index (κ2) is 9.19. The smallest absolute Gasteiger partial charge is 0.258 e. The highest BCUT2D eigenvalue weighted by Crippen LogP contribution is 2.33. The van der Waals surface area contributed by atoms with Crippen LogP contribution in [0.15, 0.2) is 54.3 Å². The average Bonchev–Trinajstić information content (AvgIpc) is 3.31. The summed E-state index contributed by atoms with van der Waals surface area (Å²) in [5, 5.41) is 6.73. The Bertz CT molecular complexity index is 1580. The molecule has 2 aromatic carbocycles. The summed E-state index contributed by atoms with van der Waals surface area (Å²) >= 11 is 1.36. The molecule has 8 nitrogen and oxygen atoms in total. The zero-order valence-corrected chi connectivity index (χ0v) is 20.3. The monoisotopic (exact) mass is 485 g/mol. The van der Waals surface area contributed by atoms with E-state index in [0.29, 0.717) is 39.5 Å². The second-order valence-corrected chi connectivity index (χ2v) is 8.90. The number of aromatic nitrogens is 3. The van der Waals surface area contributed by atoms with Gasteiger partial charge in [0.2, 0.25) is 0 Å². The van der Waals surface area contributed by atoms with Gasteiger partial charge in [0.25, 0.3) is 5.91 Å². The standard InChI is InChI=1S/C26H23N5O3S/c1-14-4-6-16-17(8-9-28-19(16)10-15-5-7-20(33-2)21(11-15)34-3)22(14)31-26(32)18-12-35-24-23(18)29-13-30-25(24)27/h4-9,11-13H,10H2,1-3H3,(H,31,32)(H2,27,29,30). The normalized spacial score (nSPS) is 11.1. The quantitative estimate of drug-likeness (QED) is 0.348. The highest BCUT2D eigenvalue weighted by Gasteiger charge is 2.18. The number of methoxy groups -OCH3 is 2. The van der Waals surface area contributed by atoms with Crippen molar-refractivity contribution in [2.24, 2.45) is 0 Å². The number of pyridine rings is 1. The SMILES string of the molecule is COc1ccc(Cc2nccc3c(NC(=O)c4csc5c(N)ncnc45)c(C)ccc23)cc1OC. The predicted octanol–water partition coefficient (Wildman–Crippen LogP) is 4.99. The number of thiophene rings is 1. The maximum Gasteiger partial charge on any atom is 0.258 e. The third-order valence-corrected chi connectivity index (χ3v) is 6.91. The van der Waals surface area contributed by atoms with Crippen LogP contribution in [0.2, 0.25) is 0 Å². The van der Waals surface area contributed by atoms with E-state index in [-0.39, 0.29) is 5.91 Å². The zero-order chi connectivity index (χ0) is 24.5. The van der Waals surface area contributed by atoms with Crippen molar-refractivity contribution in [2.75, 3.05) is 25.3 Å². The highest BCUT2D eigenvalue weighted by atomic mass is 32.1. The van der Waals surface area contributed by atoms with Gasteiger partial charge in [0.1, 0.15) is 12.1 Å². The summed E-state index contributed by atoms with van der Waals surface area (Å²) in [5.41, 5.74) is 10.6. The Hall–Kier alpha value is -4.24. The van der Waals surface area contributed by atoms with E-state index in [2.05, 4.69) is 20.3 Å². The number of nitrogens with zero attached hydrogens (tertiary/aromatic N) is 3. The van der Waals surface area contributed by atoms with E-state index in [9.17, 15) is 4.79 Å². The summed E-state index contributed by atoms with van der Waals surface area (Å²) < 4.78 is 11.5. The fraction of sp³-hybridized carbons (Fsp3) is 0.154. The lowest BCUT2D eigenvalue weighted by Gasteiger charge is -2.14. The molecule has 0 saturated heterocycles. The number of nitrogens with one attached hydrogen (secondary N) is 1. The lowest BCUT2D eigenvalue weighted by atomic mass is 10.00. The maximum atomic E-state index is 13.3. The van der Waals surface area contributed by atoms with Crippen molar-refractivity contribution in [3.63, 3.8) is 0 Å². The first kappa shape index (κ1) is 22.5. The number of nitrogen functional groups attached to an aromatic ring is 1. The summed E-state index contributed by atoms with van der Waals surface area (Å²) in [5.74, 6) is 1.46. The van der Waals surface area contributed by atoms with Crippen LogP contribution in [0, 0.1) is 6.92 Å². The van der Waals surface area contributed by atoms with Crippen LogP contribution in [0.5, 0.6) is 11.5 Å². The molecule has 0 bridgehead atoms. The van der Waals surface area contributed by atoms with Crippen LogP contribution < -0.4 is 20.5 Å². The Morgan fingerprint density at radius 1 is 1.03 bits per heavy atom. The van der Waals surface area contributed by atoms with Crippen LogP contribution in [-0.4, -0.2) is 35.1 Å². The van der Waals surface area contributed by atoms with Crippen LogP contribution in [0.3, 0.4) is 0 Å². The van der Waals surface area contributed by atoms with Gasteiger partial charge in [0.15, 0.2) is 11.5 Å². The molecule has 0 radical (unpaired) electrons. The van der Waals surface area contributed by atoms with E-state index < -0.39 is 0 Å². The van der Waals surface area contributed by atoms with Crippen LogP contribution in [-0.2, 0) is 6.42 Å². The molecule has 3 heterocycles. The molecule has 0 saturated carbocycles. The number of carbonyl (C=O) groups is 1. The van der Waals surface area contributed by atoms with Crippen molar-refractivity contribution in [3.8, 4) is 11.5 Å². The number of hydrogen-bond acceptors (Lipinski definition) is 8. The molecule has 3 N–H and O–H groups in total. The Kier molecular flexibility index (Phi) is 5.92. The maximum absolute atomic E-state index is 13.3. The molecule has 0 unspecified atom stereocenters. The summed E-state index contributed by atoms with van der Waals surface area (Å²) in [7, 11) is 3.23. The van der Waals surface area contributed by atoms with Gasteiger partial charge in [-0.2, -0.15) is 0 Å². The molecule has 0 atom stereocenters. The van der Waals surface area contributed by atoms with Gasteiger partial charge < -0.3 is 20.5 Å². The Labute approximate surface area is 205 Å². The molecule has 0 aliphatic carbocycles. The van der Waals surface area contributed by atoms with Crippen molar-refractivity contribution < 1.29 is 14.3 Å². The van der Waals surface area contributed by atoms with Crippen LogP contribution in [0.25, 0.3) is 21.0 Å². The Balaban J connectivity index is 1.51. The van der Waals surface area contributed by atoms with Gasteiger partial charge >= 0.3 is 0 Å². The first-order valence-electron chi connectivity index (χ1n) is 10.9. The number of carbonyl (C=O) groups excluding carboxylic acids is 1. The molecular formula is C26H23N5O3S. The van der Waals surface area contributed by atoms with E-state index in [1.165, 1.54) is 17.7 Å². The zero-order valence-electron chi connectivity index (χ0n) is 19.5. The molecule has 176 valence electrons. The van der Waals surface area contributed by atoms with Gasteiger partial charge in [-0.3, -0.25) is 9.78 Å². The molecule has 1 amide bonds. The van der Waals surface area contributed by atoms with Crippen molar-refractivity contribution >= 4 is 49.7 Å². The molecule has 0 fully saturated rings. The number of rotatable bonds is 6. The lowest BCUT2D eigenvalue weighted by molar-refractivity contribution is 0.102. The number of fused-ring (bicyclic) bond motifs is 2. The van der Waals surface area contributed by atoms with Gasteiger partial charge in [-0.1, -0.05) is 18.2 Å². The third-order valence-electron chi connectivity index (χ3n) is 5.92. The van der Waals surface area contributed by atoms with Crippen molar-refractivity contribution in [1.29, 1.82) is 0 Å². The lowest BCUT2D eigenvalue weighted by Crippen LogP contribution is -2.13. The number of benzene rings is 2. The number of ether oxygens (including phenoxy) is 2. The average molecular weight is 486 g/mol. The minimum atomic E-state index is -0.247. The van der Waals surface area contributed by atoms with E-state index >= 15 is 0 Å². The van der Waals surface area contributed by atoms with E-state index in [4.69, 9.17) is 15.2 Å². The van der Waals surface area contributed by atoms with Crippen molar-refractivity contribution in [3.05, 3.63) is 76.7 Å². The van der Waals surface area contributed by atoms with E-state index in [0.717, 1.165) is 33.3 Å². The van der Waals surface area contributed by atoms with Crippen LogP contribution >= 0.6 is 11.3 Å². The predicted molar refractivity (Wildman–Crippen MR) is 139 cm³/mol. The summed E-state index contributed by atoms with van der Waals surface area (Å²) in [6, 6.07) is 11.8. The first-order chi connectivity index (χ1) is 17.0. The molecule has 9 heteroatoms. The van der Waals surface area contributed by atoms with Gasteiger partial charge in [-0.05, 0) is 36.2 Å². The Morgan fingerprint density at radius 3 is 2.66 bits per heavy atom. The van der Waals surface area contributed by atoms with Gasteiger partial charge in [-0.25, -0.2) is 9.97 Å². The number of aryl methyl sites for hydroxylation is 1. The third kappa shape index (κ3) is 4.10. The number of nitrogens with two attached hydrogens (primary N) is 1. The number of hydrogen-bond donors (Lipinski definition) is 2. The molecule has 5 rings (SSSR count). The molecular weight excluding hydrogens is 462 g/mol.